The van der Waals surface area contributed by atoms with E-state index in [1.165, 1.54) is 6.92 Å². The van der Waals surface area contributed by atoms with E-state index in [9.17, 15) is 19.5 Å². The van der Waals surface area contributed by atoms with Crippen molar-refractivity contribution in [1.29, 1.82) is 0 Å². The number of carboxylic acids is 1. The monoisotopic (exact) mass is 512 g/mol. The molecule has 5 fully saturated rings. The molecule has 37 heavy (non-hydrogen) atoms. The van der Waals surface area contributed by atoms with E-state index in [2.05, 4.69) is 34.3 Å². The molecule has 0 aromatic rings. The van der Waals surface area contributed by atoms with Gasteiger partial charge in [-0.25, -0.2) is 0 Å². The zero-order valence-electron chi connectivity index (χ0n) is 24.0. The fourth-order valence-electron chi connectivity index (χ4n) is 11.6. The highest BCUT2D eigenvalue weighted by molar-refractivity contribution is 5.86. The normalized spacial score (nSPS) is 50.8. The second-order valence-electron chi connectivity index (χ2n) is 14.8. The number of hydrogen-bond acceptors (Lipinski definition) is 4. The van der Waals surface area contributed by atoms with Gasteiger partial charge in [-0.1, -0.05) is 32.9 Å². The maximum absolute atomic E-state index is 13.3. The first kappa shape index (κ1) is 26.9. The number of esters is 1. The van der Waals surface area contributed by atoms with Crippen molar-refractivity contribution in [3.63, 3.8) is 0 Å². The molecule has 0 aliphatic heterocycles. The van der Waals surface area contributed by atoms with Crippen molar-refractivity contribution in [2.24, 2.45) is 56.7 Å². The number of carbonyl (C=O) groups is 3. The average Bonchev–Trinajstić information content (AvgIpc) is 3.22. The van der Waals surface area contributed by atoms with E-state index in [0.717, 1.165) is 63.4 Å². The lowest BCUT2D eigenvalue weighted by Gasteiger charge is -2.72. The van der Waals surface area contributed by atoms with E-state index in [1.807, 2.05) is 6.92 Å². The first-order chi connectivity index (χ1) is 17.2. The summed E-state index contributed by atoms with van der Waals surface area (Å²) >= 11 is 0. The molecule has 5 saturated carbocycles. The number of allylic oxidation sites excluding steroid dienone is 1. The van der Waals surface area contributed by atoms with Crippen LogP contribution in [0.1, 0.15) is 106 Å². The first-order valence-electron chi connectivity index (χ1n) is 14.7. The van der Waals surface area contributed by atoms with Gasteiger partial charge in [-0.05, 0) is 117 Å². The Balaban J connectivity index is 1.53. The Morgan fingerprint density at radius 1 is 0.919 bits per heavy atom. The van der Waals surface area contributed by atoms with E-state index in [0.29, 0.717) is 24.2 Å². The van der Waals surface area contributed by atoms with Crippen LogP contribution in [0.15, 0.2) is 12.2 Å². The van der Waals surface area contributed by atoms with Crippen LogP contribution in [0, 0.1) is 56.7 Å². The summed E-state index contributed by atoms with van der Waals surface area (Å²) in [5.74, 6) is 0.890. The number of Topliss-reactive ketones (excluding diaryl/α,β-unsaturated/α-hetero) is 1. The van der Waals surface area contributed by atoms with E-state index in [1.54, 1.807) is 0 Å². The minimum atomic E-state index is -0.626. The van der Waals surface area contributed by atoms with Gasteiger partial charge in [-0.3, -0.25) is 14.4 Å². The number of aliphatic carboxylic acids is 1. The summed E-state index contributed by atoms with van der Waals surface area (Å²) < 4.78 is 5.51. The Morgan fingerprint density at radius 2 is 1.62 bits per heavy atom. The summed E-state index contributed by atoms with van der Waals surface area (Å²) in [6, 6.07) is 0. The van der Waals surface area contributed by atoms with Crippen LogP contribution in [0.25, 0.3) is 0 Å². The minimum absolute atomic E-state index is 0.00849. The van der Waals surface area contributed by atoms with Gasteiger partial charge in [0.25, 0.3) is 0 Å². The molecule has 0 radical (unpaired) electrons. The van der Waals surface area contributed by atoms with Crippen LogP contribution in [-0.4, -0.2) is 29.4 Å². The summed E-state index contributed by atoms with van der Waals surface area (Å²) in [4.78, 5) is 37.9. The van der Waals surface area contributed by atoms with Crippen LogP contribution < -0.4 is 0 Å². The second-order valence-corrected chi connectivity index (χ2v) is 14.8. The number of hydrogen-bond donors (Lipinski definition) is 1. The molecule has 0 aromatic carbocycles. The van der Waals surface area contributed by atoms with Crippen LogP contribution in [0.2, 0.25) is 0 Å². The van der Waals surface area contributed by atoms with Gasteiger partial charge < -0.3 is 9.84 Å². The Morgan fingerprint density at radius 3 is 2.24 bits per heavy atom. The molecule has 0 heterocycles. The van der Waals surface area contributed by atoms with Gasteiger partial charge in [-0.15, -0.1) is 0 Å². The highest BCUT2D eigenvalue weighted by Crippen LogP contribution is 2.77. The van der Waals surface area contributed by atoms with E-state index in [4.69, 9.17) is 4.74 Å². The SMILES string of the molecule is C=C(C)[C@@H]1CC[C@]2(C(=O)O)CC[C@]3(C)C(CC[C@@H]4[C@@]5(C)CCC(=O)C(C)(COC(C)=O)[C@@H]5CC[C@]43C)[C@@H]12. The van der Waals surface area contributed by atoms with Crippen molar-refractivity contribution in [2.45, 2.75) is 106 Å². The van der Waals surface area contributed by atoms with Crippen LogP contribution >= 0.6 is 0 Å². The minimum Gasteiger partial charge on any atom is -0.481 e. The number of ketones is 1. The number of carboxylic acid groups (broad SMARTS) is 1. The zero-order chi connectivity index (χ0) is 27.2. The lowest BCUT2D eigenvalue weighted by molar-refractivity contribution is -0.238. The Kier molecular flexibility index (Phi) is 6.13. The number of carbonyl (C=O) groups excluding carboxylic acids is 2. The van der Waals surface area contributed by atoms with Crippen molar-refractivity contribution in [3.8, 4) is 0 Å². The molecule has 206 valence electrons. The Hall–Kier alpha value is -1.65. The van der Waals surface area contributed by atoms with Crippen molar-refractivity contribution in [2.75, 3.05) is 6.61 Å². The highest BCUT2D eigenvalue weighted by Gasteiger charge is 2.72. The molecule has 5 aliphatic rings. The standard InChI is InChI=1S/C32H48O5/c1-19(2)21-10-15-32(27(35)36)17-16-30(6)22(26(21)32)8-9-24-28(4)13-12-25(34)29(5,18-37-20(3)33)23(28)11-14-31(24,30)7/h21-24,26H,1,8-18H2,2-7H3,(H,35,36)/t21-,22?,23+,24+,26+,28-,29?,30+,31+,32-/m0/s1. The number of ether oxygens (including phenoxy) is 1. The van der Waals surface area contributed by atoms with Gasteiger partial charge in [0.2, 0.25) is 0 Å². The van der Waals surface area contributed by atoms with Gasteiger partial charge >= 0.3 is 11.9 Å². The summed E-state index contributed by atoms with van der Waals surface area (Å²) in [7, 11) is 0. The molecule has 0 aromatic heterocycles. The maximum Gasteiger partial charge on any atom is 0.309 e. The van der Waals surface area contributed by atoms with Crippen molar-refractivity contribution < 1.29 is 24.2 Å². The van der Waals surface area contributed by atoms with Gasteiger partial charge in [0.15, 0.2) is 0 Å². The van der Waals surface area contributed by atoms with Gasteiger partial charge in [-0.2, -0.15) is 0 Å². The molecule has 5 nitrogen and oxygen atoms in total. The smallest absolute Gasteiger partial charge is 0.309 e. The molecule has 1 N–H and O–H groups in total. The second kappa shape index (κ2) is 8.42. The highest BCUT2D eigenvalue weighted by atomic mass is 16.5. The first-order valence-corrected chi connectivity index (χ1v) is 14.7. The predicted octanol–water partition coefficient (Wildman–Crippen LogP) is 6.84. The quantitative estimate of drug-likeness (QED) is 0.329. The summed E-state index contributed by atoms with van der Waals surface area (Å²) in [6.07, 6.45) is 9.13. The summed E-state index contributed by atoms with van der Waals surface area (Å²) in [5.41, 5.74) is 0.106. The molecule has 0 spiro atoms. The van der Waals surface area contributed by atoms with Crippen LogP contribution in [0.5, 0.6) is 0 Å². The third-order valence-electron chi connectivity index (χ3n) is 13.6. The molecular formula is C32H48O5. The third kappa shape index (κ3) is 3.37. The molecule has 0 bridgehead atoms. The number of fused-ring (bicyclic) bond motifs is 7. The lowest BCUT2D eigenvalue weighted by Crippen LogP contribution is -2.67. The molecule has 10 atom stereocenters. The Labute approximate surface area is 223 Å². The summed E-state index contributed by atoms with van der Waals surface area (Å²) in [6.45, 7) is 17.6. The van der Waals surface area contributed by atoms with Crippen molar-refractivity contribution in [1.82, 2.24) is 0 Å². The molecule has 0 saturated heterocycles. The molecule has 5 heteroatoms. The average molecular weight is 513 g/mol. The molecule has 5 aliphatic carbocycles. The van der Waals surface area contributed by atoms with Gasteiger partial charge in [0.05, 0.1) is 10.8 Å². The zero-order valence-corrected chi connectivity index (χ0v) is 24.0. The van der Waals surface area contributed by atoms with Gasteiger partial charge in [0.1, 0.15) is 12.4 Å². The fourth-order valence-corrected chi connectivity index (χ4v) is 11.6. The lowest BCUT2D eigenvalue weighted by atomic mass is 9.32. The molecule has 2 unspecified atom stereocenters. The molecule has 5 rings (SSSR count). The predicted molar refractivity (Wildman–Crippen MR) is 143 cm³/mol. The fraction of sp³-hybridized carbons (Fsp3) is 0.844. The largest absolute Gasteiger partial charge is 0.481 e. The van der Waals surface area contributed by atoms with E-state index < -0.39 is 16.8 Å². The summed E-state index contributed by atoms with van der Waals surface area (Å²) in [5, 5.41) is 10.5. The molecule has 0 amide bonds. The van der Waals surface area contributed by atoms with Crippen LogP contribution in [0.3, 0.4) is 0 Å². The van der Waals surface area contributed by atoms with Crippen molar-refractivity contribution in [3.05, 3.63) is 12.2 Å². The maximum atomic E-state index is 13.3. The van der Waals surface area contributed by atoms with Crippen LogP contribution in [0.4, 0.5) is 0 Å². The van der Waals surface area contributed by atoms with Gasteiger partial charge in [0, 0.05) is 13.3 Å². The van der Waals surface area contributed by atoms with E-state index in [-0.39, 0.29) is 46.4 Å². The van der Waals surface area contributed by atoms with Crippen LogP contribution in [-0.2, 0) is 19.1 Å². The third-order valence-corrected chi connectivity index (χ3v) is 13.6. The van der Waals surface area contributed by atoms with E-state index >= 15 is 0 Å². The van der Waals surface area contributed by atoms with Crippen molar-refractivity contribution >= 4 is 17.7 Å². The number of rotatable bonds is 4. The topological polar surface area (TPSA) is 80.7 Å². The molecular weight excluding hydrogens is 464 g/mol. The Bertz CT molecular complexity index is 1030.